The first-order valence-electron chi connectivity index (χ1n) is 5.33. The van der Waals surface area contributed by atoms with Crippen LogP contribution in [0.1, 0.15) is 12.8 Å². The van der Waals surface area contributed by atoms with E-state index in [4.69, 9.17) is 10.5 Å². The summed E-state index contributed by atoms with van der Waals surface area (Å²) in [5, 5.41) is 0. The highest BCUT2D eigenvalue weighted by molar-refractivity contribution is 5.48. The molecule has 0 aliphatic heterocycles. The van der Waals surface area contributed by atoms with Gasteiger partial charge in [0, 0.05) is 19.3 Å². The van der Waals surface area contributed by atoms with E-state index in [1.807, 2.05) is 12.1 Å². The maximum atomic E-state index is 5.46. The molecule has 2 N–H and O–H groups in total. The van der Waals surface area contributed by atoms with E-state index >= 15 is 0 Å². The predicted octanol–water partition coefficient (Wildman–Crippen LogP) is 1.87. The number of methoxy groups -OCH3 is 1. The van der Waals surface area contributed by atoms with E-state index in [1.165, 1.54) is 5.69 Å². The molecule has 0 spiro atoms. The standard InChI is InChI=1S/C12H20N2O/c1-14(10-4-3-9-13)11-5-7-12(15-2)8-6-11/h5-8H,3-4,9-10,13H2,1-2H3. The SMILES string of the molecule is COc1ccc(N(C)CCCCN)cc1. The highest BCUT2D eigenvalue weighted by atomic mass is 16.5. The van der Waals surface area contributed by atoms with Gasteiger partial charge in [-0.25, -0.2) is 0 Å². The topological polar surface area (TPSA) is 38.5 Å². The molecule has 0 radical (unpaired) electrons. The Hall–Kier alpha value is -1.22. The number of benzene rings is 1. The van der Waals surface area contributed by atoms with Crippen molar-refractivity contribution in [1.82, 2.24) is 0 Å². The van der Waals surface area contributed by atoms with Gasteiger partial charge in [-0.3, -0.25) is 0 Å². The summed E-state index contributed by atoms with van der Waals surface area (Å²) in [6.45, 7) is 1.82. The molecule has 15 heavy (non-hydrogen) atoms. The van der Waals surface area contributed by atoms with Crippen molar-refractivity contribution in [3.63, 3.8) is 0 Å². The monoisotopic (exact) mass is 208 g/mol. The van der Waals surface area contributed by atoms with Crippen LogP contribution in [-0.2, 0) is 0 Å². The number of rotatable bonds is 6. The third-order valence-electron chi connectivity index (χ3n) is 2.46. The molecule has 0 saturated heterocycles. The highest BCUT2D eigenvalue weighted by Crippen LogP contribution is 2.18. The van der Waals surface area contributed by atoms with Crippen molar-refractivity contribution in [1.29, 1.82) is 0 Å². The third-order valence-corrected chi connectivity index (χ3v) is 2.46. The Morgan fingerprint density at radius 2 is 1.87 bits per heavy atom. The number of hydrogen-bond donors (Lipinski definition) is 1. The first kappa shape index (κ1) is 11.9. The van der Waals surface area contributed by atoms with E-state index in [1.54, 1.807) is 7.11 Å². The van der Waals surface area contributed by atoms with Gasteiger partial charge in [-0.2, -0.15) is 0 Å². The summed E-state index contributed by atoms with van der Waals surface area (Å²) in [5.41, 5.74) is 6.67. The summed E-state index contributed by atoms with van der Waals surface area (Å²) in [5.74, 6) is 0.897. The van der Waals surface area contributed by atoms with Crippen molar-refractivity contribution >= 4 is 5.69 Å². The molecule has 0 amide bonds. The molecule has 3 heteroatoms. The average Bonchev–Trinajstić information content (AvgIpc) is 2.29. The van der Waals surface area contributed by atoms with Crippen molar-refractivity contribution in [2.75, 3.05) is 32.1 Å². The lowest BCUT2D eigenvalue weighted by atomic mass is 10.2. The molecule has 1 aromatic carbocycles. The second-order valence-corrected chi connectivity index (χ2v) is 3.62. The predicted molar refractivity (Wildman–Crippen MR) is 64.6 cm³/mol. The van der Waals surface area contributed by atoms with Crippen LogP contribution in [0.3, 0.4) is 0 Å². The van der Waals surface area contributed by atoms with E-state index in [0.29, 0.717) is 0 Å². The van der Waals surface area contributed by atoms with Gasteiger partial charge in [0.25, 0.3) is 0 Å². The van der Waals surface area contributed by atoms with Gasteiger partial charge < -0.3 is 15.4 Å². The third kappa shape index (κ3) is 3.80. The maximum Gasteiger partial charge on any atom is 0.119 e. The molecular weight excluding hydrogens is 188 g/mol. The van der Waals surface area contributed by atoms with Gasteiger partial charge in [-0.15, -0.1) is 0 Å². The van der Waals surface area contributed by atoms with Crippen molar-refractivity contribution in [2.45, 2.75) is 12.8 Å². The van der Waals surface area contributed by atoms with Gasteiger partial charge in [-0.05, 0) is 43.7 Å². The minimum atomic E-state index is 0.774. The van der Waals surface area contributed by atoms with Crippen LogP contribution in [0.15, 0.2) is 24.3 Å². The van der Waals surface area contributed by atoms with Crippen LogP contribution in [0.25, 0.3) is 0 Å². The Morgan fingerprint density at radius 3 is 2.40 bits per heavy atom. The number of unbranched alkanes of at least 4 members (excludes halogenated alkanes) is 1. The molecular formula is C12H20N2O. The molecule has 3 nitrogen and oxygen atoms in total. The molecule has 0 atom stereocenters. The summed E-state index contributed by atoms with van der Waals surface area (Å²) < 4.78 is 5.11. The normalized spacial score (nSPS) is 10.1. The van der Waals surface area contributed by atoms with Crippen LogP contribution in [-0.4, -0.2) is 27.2 Å². The van der Waals surface area contributed by atoms with Crippen LogP contribution in [0.5, 0.6) is 5.75 Å². The zero-order chi connectivity index (χ0) is 11.1. The summed E-state index contributed by atoms with van der Waals surface area (Å²) in [7, 11) is 3.78. The van der Waals surface area contributed by atoms with Crippen LogP contribution in [0, 0.1) is 0 Å². The van der Waals surface area contributed by atoms with Crippen molar-refractivity contribution in [2.24, 2.45) is 5.73 Å². The van der Waals surface area contributed by atoms with Gasteiger partial charge in [0.1, 0.15) is 5.75 Å². The molecule has 0 aliphatic carbocycles. The highest BCUT2D eigenvalue weighted by Gasteiger charge is 2.00. The maximum absolute atomic E-state index is 5.46. The number of anilines is 1. The Balaban J connectivity index is 2.46. The molecule has 0 aromatic heterocycles. The van der Waals surface area contributed by atoms with Gasteiger partial charge in [0.15, 0.2) is 0 Å². The second kappa shape index (κ2) is 6.30. The average molecular weight is 208 g/mol. The Kier molecular flexibility index (Phi) is 4.98. The largest absolute Gasteiger partial charge is 0.497 e. The number of ether oxygens (including phenoxy) is 1. The van der Waals surface area contributed by atoms with Gasteiger partial charge in [0.2, 0.25) is 0 Å². The molecule has 84 valence electrons. The minimum absolute atomic E-state index is 0.774. The lowest BCUT2D eigenvalue weighted by Gasteiger charge is -2.19. The van der Waals surface area contributed by atoms with Gasteiger partial charge >= 0.3 is 0 Å². The minimum Gasteiger partial charge on any atom is -0.497 e. The number of nitrogens with zero attached hydrogens (tertiary/aromatic N) is 1. The van der Waals surface area contributed by atoms with E-state index < -0.39 is 0 Å². The van der Waals surface area contributed by atoms with Gasteiger partial charge in [-0.1, -0.05) is 0 Å². The molecule has 0 fully saturated rings. The second-order valence-electron chi connectivity index (χ2n) is 3.62. The molecule has 0 heterocycles. The van der Waals surface area contributed by atoms with Crippen LogP contribution >= 0.6 is 0 Å². The number of hydrogen-bond acceptors (Lipinski definition) is 3. The molecule has 0 bridgehead atoms. The molecule has 0 aliphatic rings. The van der Waals surface area contributed by atoms with Crippen molar-refractivity contribution < 1.29 is 4.74 Å². The molecule has 0 saturated carbocycles. The van der Waals surface area contributed by atoms with Crippen LogP contribution in [0.4, 0.5) is 5.69 Å². The first-order valence-corrected chi connectivity index (χ1v) is 5.33. The summed E-state index contributed by atoms with van der Waals surface area (Å²) in [4.78, 5) is 2.23. The van der Waals surface area contributed by atoms with E-state index in [9.17, 15) is 0 Å². The van der Waals surface area contributed by atoms with E-state index in [2.05, 4.69) is 24.1 Å². The lowest BCUT2D eigenvalue weighted by Crippen LogP contribution is -2.19. The lowest BCUT2D eigenvalue weighted by molar-refractivity contribution is 0.415. The molecule has 1 aromatic rings. The fraction of sp³-hybridized carbons (Fsp3) is 0.500. The fourth-order valence-corrected chi connectivity index (χ4v) is 1.46. The summed E-state index contributed by atoms with van der Waals surface area (Å²) in [6.07, 6.45) is 2.22. The number of nitrogens with two attached hydrogens (primary N) is 1. The Bertz CT molecular complexity index is 271. The van der Waals surface area contributed by atoms with E-state index in [-0.39, 0.29) is 0 Å². The first-order chi connectivity index (χ1) is 7.27. The Labute approximate surface area is 91.8 Å². The Morgan fingerprint density at radius 1 is 1.20 bits per heavy atom. The summed E-state index contributed by atoms with van der Waals surface area (Å²) >= 11 is 0. The van der Waals surface area contributed by atoms with Crippen LogP contribution < -0.4 is 15.4 Å². The quantitative estimate of drug-likeness (QED) is 0.725. The van der Waals surface area contributed by atoms with E-state index in [0.717, 1.165) is 31.7 Å². The molecule has 0 unspecified atom stereocenters. The fourth-order valence-electron chi connectivity index (χ4n) is 1.46. The smallest absolute Gasteiger partial charge is 0.119 e. The van der Waals surface area contributed by atoms with Crippen molar-refractivity contribution in [3.05, 3.63) is 24.3 Å². The van der Waals surface area contributed by atoms with Crippen molar-refractivity contribution in [3.8, 4) is 5.75 Å². The van der Waals surface area contributed by atoms with Gasteiger partial charge in [0.05, 0.1) is 7.11 Å². The molecule has 1 rings (SSSR count). The zero-order valence-electron chi connectivity index (χ0n) is 9.57. The van der Waals surface area contributed by atoms with Crippen LogP contribution in [0.2, 0.25) is 0 Å². The summed E-state index contributed by atoms with van der Waals surface area (Å²) in [6, 6.07) is 8.10. The zero-order valence-corrected chi connectivity index (χ0v) is 9.57.